The van der Waals surface area contributed by atoms with Crippen molar-refractivity contribution < 1.29 is 8.94 Å². The molecule has 0 aromatic carbocycles. The van der Waals surface area contributed by atoms with Gasteiger partial charge in [0.2, 0.25) is 0 Å². The molecule has 23 heavy (non-hydrogen) atoms. The summed E-state index contributed by atoms with van der Waals surface area (Å²) in [4.78, 5) is 9.35. The van der Waals surface area contributed by atoms with Crippen molar-refractivity contribution in [1.82, 2.24) is 20.3 Å². The molecule has 1 saturated heterocycles. The highest BCUT2D eigenvalue weighted by molar-refractivity contribution is 5.80. The number of hydrogen-bond donors (Lipinski definition) is 1. The predicted octanol–water partition coefficient (Wildman–Crippen LogP) is 1.55. The number of nitrogens with one attached hydrogen (secondary N) is 1. The fourth-order valence-corrected chi connectivity index (χ4v) is 2.65. The Morgan fingerprint density at radius 3 is 2.78 bits per heavy atom. The Bertz CT molecular complexity index is 586. The summed E-state index contributed by atoms with van der Waals surface area (Å²) in [7, 11) is 0. The molecule has 0 radical (unpaired) electrons. The third-order valence-electron chi connectivity index (χ3n) is 3.85. The van der Waals surface area contributed by atoms with Crippen LogP contribution in [0.15, 0.2) is 44.7 Å². The zero-order chi connectivity index (χ0) is 15.9. The van der Waals surface area contributed by atoms with E-state index in [2.05, 4.69) is 32.2 Å². The Kier molecular flexibility index (Phi) is 5.31. The number of nitrogens with zero attached hydrogens (tertiary/aromatic N) is 4. The molecule has 1 N–H and O–H groups in total. The lowest BCUT2D eigenvalue weighted by atomic mass is 10.3. The molecule has 7 nitrogen and oxygen atoms in total. The average Bonchev–Trinajstić information content (AvgIpc) is 3.26. The van der Waals surface area contributed by atoms with Gasteiger partial charge in [0.15, 0.2) is 5.96 Å². The van der Waals surface area contributed by atoms with Gasteiger partial charge in [-0.05, 0) is 19.1 Å². The quantitative estimate of drug-likeness (QED) is 0.666. The van der Waals surface area contributed by atoms with Crippen molar-refractivity contribution in [2.24, 2.45) is 4.99 Å². The Morgan fingerprint density at radius 2 is 2.13 bits per heavy atom. The highest BCUT2D eigenvalue weighted by Crippen LogP contribution is 2.08. The second-order valence-corrected chi connectivity index (χ2v) is 5.50. The Morgan fingerprint density at radius 1 is 1.26 bits per heavy atom. The number of piperazine rings is 1. The van der Waals surface area contributed by atoms with E-state index in [1.807, 2.05) is 18.2 Å². The molecule has 0 saturated carbocycles. The monoisotopic (exact) mass is 317 g/mol. The fraction of sp³-hybridized carbons (Fsp3) is 0.500. The number of aliphatic imine (C=N–C) groups is 1. The van der Waals surface area contributed by atoms with Gasteiger partial charge in [0.05, 0.1) is 12.0 Å². The first-order valence-electron chi connectivity index (χ1n) is 8.02. The minimum atomic E-state index is 0.564. The van der Waals surface area contributed by atoms with Gasteiger partial charge in [-0.25, -0.2) is 4.99 Å². The molecular weight excluding hydrogens is 294 g/mol. The third-order valence-corrected chi connectivity index (χ3v) is 3.85. The molecule has 0 aliphatic carbocycles. The summed E-state index contributed by atoms with van der Waals surface area (Å²) < 4.78 is 10.2. The molecule has 0 unspecified atom stereocenters. The first-order chi connectivity index (χ1) is 11.3. The topological polar surface area (TPSA) is 70.0 Å². The van der Waals surface area contributed by atoms with Crippen molar-refractivity contribution >= 4 is 5.96 Å². The first kappa shape index (κ1) is 15.6. The van der Waals surface area contributed by atoms with Crippen LogP contribution in [0.4, 0.5) is 0 Å². The van der Waals surface area contributed by atoms with Crippen molar-refractivity contribution in [3.63, 3.8) is 0 Å². The van der Waals surface area contributed by atoms with Gasteiger partial charge in [-0.15, -0.1) is 0 Å². The summed E-state index contributed by atoms with van der Waals surface area (Å²) in [5.41, 5.74) is 0.983. The minimum Gasteiger partial charge on any atom is -0.467 e. The maximum absolute atomic E-state index is 5.35. The standard InChI is InChI=1S/C16H23N5O2/c1-2-17-16(18-12-15-4-3-10-22-15)21-8-6-20(7-9-21)13-14-5-11-23-19-14/h3-5,10-11H,2,6-9,12-13H2,1H3,(H,17,18). The molecule has 3 rings (SSSR count). The first-order valence-corrected chi connectivity index (χ1v) is 8.02. The molecule has 0 atom stereocenters. The van der Waals surface area contributed by atoms with Crippen LogP contribution in [-0.4, -0.2) is 53.6 Å². The van der Waals surface area contributed by atoms with Gasteiger partial charge >= 0.3 is 0 Å². The molecule has 124 valence electrons. The molecule has 0 amide bonds. The summed E-state index contributed by atoms with van der Waals surface area (Å²) in [5, 5.41) is 7.34. The number of hydrogen-bond acceptors (Lipinski definition) is 5. The van der Waals surface area contributed by atoms with Crippen LogP contribution >= 0.6 is 0 Å². The second-order valence-electron chi connectivity index (χ2n) is 5.50. The molecule has 7 heteroatoms. The lowest BCUT2D eigenvalue weighted by Crippen LogP contribution is -2.52. The lowest BCUT2D eigenvalue weighted by Gasteiger charge is -2.36. The van der Waals surface area contributed by atoms with Crippen LogP contribution in [0, 0.1) is 0 Å². The minimum absolute atomic E-state index is 0.564. The summed E-state index contributed by atoms with van der Waals surface area (Å²) in [6.07, 6.45) is 3.30. The van der Waals surface area contributed by atoms with Gasteiger partial charge < -0.3 is 19.2 Å². The number of guanidine groups is 1. The van der Waals surface area contributed by atoms with Gasteiger partial charge in [0.25, 0.3) is 0 Å². The molecule has 1 fully saturated rings. The van der Waals surface area contributed by atoms with E-state index in [9.17, 15) is 0 Å². The van der Waals surface area contributed by atoms with E-state index in [1.165, 1.54) is 0 Å². The Labute approximate surface area is 135 Å². The van der Waals surface area contributed by atoms with Crippen LogP contribution in [-0.2, 0) is 13.1 Å². The molecule has 0 spiro atoms. The maximum atomic E-state index is 5.35. The smallest absolute Gasteiger partial charge is 0.194 e. The zero-order valence-electron chi connectivity index (χ0n) is 13.4. The number of aromatic nitrogens is 1. The molecule has 2 aromatic heterocycles. The van der Waals surface area contributed by atoms with Crippen molar-refractivity contribution in [1.29, 1.82) is 0 Å². The largest absolute Gasteiger partial charge is 0.467 e. The van der Waals surface area contributed by atoms with Gasteiger partial charge in [0.1, 0.15) is 18.6 Å². The van der Waals surface area contributed by atoms with Gasteiger partial charge in [0, 0.05) is 45.3 Å². The van der Waals surface area contributed by atoms with E-state index in [4.69, 9.17) is 8.94 Å². The van der Waals surface area contributed by atoms with Crippen molar-refractivity contribution in [3.05, 3.63) is 42.2 Å². The van der Waals surface area contributed by atoms with Gasteiger partial charge in [-0.3, -0.25) is 4.90 Å². The second kappa shape index (κ2) is 7.82. The molecule has 1 aliphatic rings. The van der Waals surface area contributed by atoms with E-state index >= 15 is 0 Å². The zero-order valence-corrected chi connectivity index (χ0v) is 13.4. The molecule has 2 aromatic rings. The Balaban J connectivity index is 1.53. The summed E-state index contributed by atoms with van der Waals surface area (Å²) in [5.74, 6) is 1.83. The lowest BCUT2D eigenvalue weighted by molar-refractivity contribution is 0.169. The van der Waals surface area contributed by atoms with Crippen molar-refractivity contribution in [2.45, 2.75) is 20.0 Å². The van der Waals surface area contributed by atoms with Crippen LogP contribution < -0.4 is 5.32 Å². The van der Waals surface area contributed by atoms with E-state index in [0.29, 0.717) is 6.54 Å². The van der Waals surface area contributed by atoms with Gasteiger partial charge in [-0.1, -0.05) is 5.16 Å². The highest BCUT2D eigenvalue weighted by atomic mass is 16.5. The van der Waals surface area contributed by atoms with Gasteiger partial charge in [-0.2, -0.15) is 0 Å². The number of furan rings is 1. The SMILES string of the molecule is CCNC(=NCc1ccco1)N1CCN(Cc2ccon2)CC1. The number of rotatable bonds is 5. The normalized spacial score (nSPS) is 16.7. The maximum Gasteiger partial charge on any atom is 0.194 e. The fourth-order valence-electron chi connectivity index (χ4n) is 2.65. The van der Waals surface area contributed by atoms with E-state index in [1.54, 1.807) is 12.5 Å². The van der Waals surface area contributed by atoms with Crippen LogP contribution in [0.3, 0.4) is 0 Å². The van der Waals surface area contributed by atoms with Crippen molar-refractivity contribution in [2.75, 3.05) is 32.7 Å². The summed E-state index contributed by atoms with van der Waals surface area (Å²) in [6.45, 7) is 8.21. The molecular formula is C16H23N5O2. The third kappa shape index (κ3) is 4.35. The van der Waals surface area contributed by atoms with Crippen molar-refractivity contribution in [3.8, 4) is 0 Å². The molecule has 1 aliphatic heterocycles. The summed E-state index contributed by atoms with van der Waals surface area (Å²) >= 11 is 0. The molecule has 0 bridgehead atoms. The van der Waals surface area contributed by atoms with E-state index in [0.717, 1.165) is 56.7 Å². The van der Waals surface area contributed by atoms with E-state index < -0.39 is 0 Å². The highest BCUT2D eigenvalue weighted by Gasteiger charge is 2.20. The molecule has 3 heterocycles. The Hall–Kier alpha value is -2.28. The van der Waals surface area contributed by atoms with Crippen LogP contribution in [0.2, 0.25) is 0 Å². The average molecular weight is 317 g/mol. The van der Waals surface area contributed by atoms with E-state index in [-0.39, 0.29) is 0 Å². The predicted molar refractivity (Wildman–Crippen MR) is 86.9 cm³/mol. The van der Waals surface area contributed by atoms with Crippen LogP contribution in [0.25, 0.3) is 0 Å². The summed E-state index contributed by atoms with van der Waals surface area (Å²) in [6, 6.07) is 5.75. The van der Waals surface area contributed by atoms with Crippen LogP contribution in [0.1, 0.15) is 18.4 Å². The van der Waals surface area contributed by atoms with Crippen LogP contribution in [0.5, 0.6) is 0 Å².